The van der Waals surface area contributed by atoms with Crippen LogP contribution in [0, 0.1) is 11.2 Å². The summed E-state index contributed by atoms with van der Waals surface area (Å²) in [6.45, 7) is 6.51. The number of aliphatic carboxylic acids is 1. The number of aliphatic hydroxyl groups is 1. The molecule has 7 heteroatoms. The van der Waals surface area contributed by atoms with Gasteiger partial charge >= 0.3 is 12.1 Å². The third-order valence-corrected chi connectivity index (χ3v) is 5.22. The lowest BCUT2D eigenvalue weighted by atomic mass is 9.79. The van der Waals surface area contributed by atoms with Crippen molar-refractivity contribution in [1.82, 2.24) is 5.32 Å². The Balaban J connectivity index is 2.24. The van der Waals surface area contributed by atoms with Crippen molar-refractivity contribution in [3.05, 3.63) is 59.9 Å². The second kappa shape index (κ2) is 10.6. The Hall–Kier alpha value is -2.93. The molecule has 3 N–H and O–H groups in total. The zero-order valence-electron chi connectivity index (χ0n) is 19.0. The van der Waals surface area contributed by atoms with Crippen LogP contribution < -0.4 is 5.32 Å². The minimum Gasteiger partial charge on any atom is -0.481 e. The molecule has 0 aliphatic carbocycles. The summed E-state index contributed by atoms with van der Waals surface area (Å²) < 4.78 is 19.4. The number of hydrogen-bond donors (Lipinski definition) is 3. The minimum atomic E-state index is -1.22. The lowest BCUT2D eigenvalue weighted by molar-refractivity contribution is -0.149. The van der Waals surface area contributed by atoms with Gasteiger partial charge in [-0.3, -0.25) is 4.79 Å². The third kappa shape index (κ3) is 7.34. The molecule has 0 unspecified atom stereocenters. The summed E-state index contributed by atoms with van der Waals surface area (Å²) in [5.41, 5.74) is 0.143. The van der Waals surface area contributed by atoms with E-state index in [1.807, 2.05) is 12.1 Å². The van der Waals surface area contributed by atoms with Crippen molar-refractivity contribution in [1.29, 1.82) is 0 Å². The van der Waals surface area contributed by atoms with E-state index < -0.39 is 29.1 Å². The highest BCUT2D eigenvalue weighted by Crippen LogP contribution is 2.30. The van der Waals surface area contributed by atoms with Gasteiger partial charge in [0.25, 0.3) is 0 Å². The third-order valence-electron chi connectivity index (χ3n) is 5.22. The van der Waals surface area contributed by atoms with Crippen molar-refractivity contribution in [2.75, 3.05) is 6.61 Å². The number of carbonyl (C=O) groups excluding carboxylic acids is 1. The number of ether oxygens (including phenoxy) is 1. The molecule has 0 radical (unpaired) electrons. The van der Waals surface area contributed by atoms with Crippen LogP contribution in [0.25, 0.3) is 11.1 Å². The number of carboxylic acids is 1. The number of benzene rings is 2. The van der Waals surface area contributed by atoms with Crippen molar-refractivity contribution in [2.24, 2.45) is 5.41 Å². The average molecular weight is 446 g/mol. The molecule has 174 valence electrons. The van der Waals surface area contributed by atoms with Crippen LogP contribution in [0.15, 0.2) is 48.5 Å². The lowest BCUT2D eigenvalue weighted by Crippen LogP contribution is -2.44. The van der Waals surface area contributed by atoms with E-state index in [1.165, 1.54) is 6.07 Å². The van der Waals surface area contributed by atoms with Gasteiger partial charge in [-0.25, -0.2) is 9.18 Å². The van der Waals surface area contributed by atoms with Crippen LogP contribution in [0.4, 0.5) is 9.18 Å². The van der Waals surface area contributed by atoms with E-state index >= 15 is 0 Å². The largest absolute Gasteiger partial charge is 0.481 e. The van der Waals surface area contributed by atoms with Crippen molar-refractivity contribution >= 4 is 12.1 Å². The monoisotopic (exact) mass is 445 g/mol. The molecular formula is C25H32FNO5. The Labute approximate surface area is 188 Å². The fourth-order valence-corrected chi connectivity index (χ4v) is 3.54. The maximum atomic E-state index is 14.1. The van der Waals surface area contributed by atoms with Crippen LogP contribution >= 0.6 is 0 Å². The van der Waals surface area contributed by atoms with E-state index in [2.05, 4.69) is 5.32 Å². The molecular weight excluding hydrogens is 413 g/mol. The van der Waals surface area contributed by atoms with Gasteiger partial charge in [-0.05, 0) is 64.2 Å². The summed E-state index contributed by atoms with van der Waals surface area (Å²) in [7, 11) is 0. The molecule has 2 aromatic rings. The highest BCUT2D eigenvalue weighted by atomic mass is 19.1. The number of carbonyl (C=O) groups is 2. The molecule has 0 saturated heterocycles. The standard InChI is InChI=1S/C25H32FNO5/c1-24(2,3)32-23(31)27-19(16-25(4,13-14-28)22(29)30)15-17-9-11-18(12-10-17)20-7-5-6-8-21(20)26/h5-12,19,28H,13-16H2,1-4H3,(H,27,31)(H,29,30)/t19-,25-/m1/s1. The van der Waals surface area contributed by atoms with Gasteiger partial charge in [0.1, 0.15) is 11.4 Å². The van der Waals surface area contributed by atoms with Gasteiger partial charge in [0.15, 0.2) is 0 Å². The molecule has 6 nitrogen and oxygen atoms in total. The quantitative estimate of drug-likeness (QED) is 0.516. The summed E-state index contributed by atoms with van der Waals surface area (Å²) >= 11 is 0. The van der Waals surface area contributed by atoms with E-state index in [9.17, 15) is 24.2 Å². The SMILES string of the molecule is CC(C)(C)OC(=O)N[C@H](Cc1ccc(-c2ccccc2F)cc1)C[C@@](C)(CCO)C(=O)O. The Morgan fingerprint density at radius 3 is 2.22 bits per heavy atom. The van der Waals surface area contributed by atoms with Gasteiger partial charge in [0, 0.05) is 18.2 Å². The zero-order chi connectivity index (χ0) is 23.9. The molecule has 0 aliphatic rings. The number of aliphatic hydroxyl groups excluding tert-OH is 1. The van der Waals surface area contributed by atoms with E-state index in [1.54, 1.807) is 58.0 Å². The van der Waals surface area contributed by atoms with Crippen molar-refractivity contribution in [3.8, 4) is 11.1 Å². The highest BCUT2D eigenvalue weighted by molar-refractivity contribution is 5.74. The summed E-state index contributed by atoms with van der Waals surface area (Å²) in [5, 5.41) is 21.8. The number of alkyl carbamates (subject to hydrolysis) is 1. The Kier molecular flexibility index (Phi) is 8.38. The predicted octanol–water partition coefficient (Wildman–Crippen LogP) is 4.79. The number of hydrogen-bond acceptors (Lipinski definition) is 4. The molecule has 0 saturated carbocycles. The topological polar surface area (TPSA) is 95.9 Å². The Morgan fingerprint density at radius 2 is 1.69 bits per heavy atom. The van der Waals surface area contributed by atoms with E-state index in [4.69, 9.17) is 4.74 Å². The van der Waals surface area contributed by atoms with Crippen LogP contribution in [0.3, 0.4) is 0 Å². The first-order chi connectivity index (χ1) is 14.9. The molecule has 0 spiro atoms. The van der Waals surface area contributed by atoms with E-state index in [0.717, 1.165) is 11.1 Å². The maximum Gasteiger partial charge on any atom is 0.407 e. The molecule has 2 aromatic carbocycles. The van der Waals surface area contributed by atoms with Gasteiger partial charge < -0.3 is 20.3 Å². The molecule has 0 fully saturated rings. The Bertz CT molecular complexity index is 923. The normalized spacial score (nSPS) is 14.3. The summed E-state index contributed by atoms with van der Waals surface area (Å²) in [6.07, 6.45) is -0.120. The number of amides is 1. The second-order valence-electron chi connectivity index (χ2n) is 9.27. The van der Waals surface area contributed by atoms with E-state index in [-0.39, 0.29) is 25.3 Å². The van der Waals surface area contributed by atoms with Crippen molar-refractivity contribution in [3.63, 3.8) is 0 Å². The van der Waals surface area contributed by atoms with Crippen LogP contribution in [0.2, 0.25) is 0 Å². The van der Waals surface area contributed by atoms with Crippen molar-refractivity contribution < 1.29 is 28.9 Å². The fraction of sp³-hybridized carbons (Fsp3) is 0.440. The summed E-state index contributed by atoms with van der Waals surface area (Å²) in [4.78, 5) is 24.2. The van der Waals surface area contributed by atoms with Crippen molar-refractivity contribution in [2.45, 2.75) is 58.6 Å². The number of halogens is 1. The van der Waals surface area contributed by atoms with Crippen LogP contribution in [0.1, 0.15) is 46.1 Å². The first-order valence-corrected chi connectivity index (χ1v) is 10.6. The average Bonchev–Trinajstić information content (AvgIpc) is 2.67. The minimum absolute atomic E-state index is 0.0566. The van der Waals surface area contributed by atoms with Crippen LogP contribution in [-0.2, 0) is 16.0 Å². The van der Waals surface area contributed by atoms with Gasteiger partial charge in [-0.15, -0.1) is 0 Å². The van der Waals surface area contributed by atoms with E-state index in [0.29, 0.717) is 12.0 Å². The van der Waals surface area contributed by atoms with Gasteiger partial charge in [0.05, 0.1) is 5.41 Å². The molecule has 0 aliphatic heterocycles. The van der Waals surface area contributed by atoms with Crippen LogP contribution in [-0.4, -0.2) is 40.5 Å². The smallest absolute Gasteiger partial charge is 0.407 e. The number of carboxylic acid groups (broad SMARTS) is 1. The first kappa shape index (κ1) is 25.3. The molecule has 0 bridgehead atoms. The molecule has 2 rings (SSSR count). The fourth-order valence-electron chi connectivity index (χ4n) is 3.54. The second-order valence-corrected chi connectivity index (χ2v) is 9.27. The van der Waals surface area contributed by atoms with Gasteiger partial charge in [0.2, 0.25) is 0 Å². The zero-order valence-corrected chi connectivity index (χ0v) is 19.0. The summed E-state index contributed by atoms with van der Waals surface area (Å²) in [6, 6.07) is 13.2. The summed E-state index contributed by atoms with van der Waals surface area (Å²) in [5.74, 6) is -1.36. The maximum absolute atomic E-state index is 14.1. The molecule has 32 heavy (non-hydrogen) atoms. The number of nitrogens with one attached hydrogen (secondary N) is 1. The molecule has 0 heterocycles. The van der Waals surface area contributed by atoms with Gasteiger partial charge in [-0.1, -0.05) is 42.5 Å². The predicted molar refractivity (Wildman–Crippen MR) is 121 cm³/mol. The molecule has 1 amide bonds. The Morgan fingerprint density at radius 1 is 1.06 bits per heavy atom. The number of rotatable bonds is 9. The first-order valence-electron chi connectivity index (χ1n) is 10.6. The molecule has 2 atom stereocenters. The lowest BCUT2D eigenvalue weighted by Gasteiger charge is -2.30. The highest BCUT2D eigenvalue weighted by Gasteiger charge is 2.36. The molecule has 0 aromatic heterocycles. The van der Waals surface area contributed by atoms with Crippen LogP contribution in [0.5, 0.6) is 0 Å². The van der Waals surface area contributed by atoms with Gasteiger partial charge in [-0.2, -0.15) is 0 Å².